The monoisotopic (exact) mass is 419 g/mol. The second-order valence-corrected chi connectivity index (χ2v) is 8.40. The topological polar surface area (TPSA) is 57.0 Å². The Morgan fingerprint density at radius 1 is 0.833 bits per heavy atom. The third-order valence-electron chi connectivity index (χ3n) is 5.43. The van der Waals surface area contributed by atoms with E-state index in [0.29, 0.717) is 38.5 Å². The van der Waals surface area contributed by atoms with Gasteiger partial charge < -0.3 is 9.32 Å². The van der Waals surface area contributed by atoms with E-state index in [1.54, 1.807) is 28.8 Å². The highest BCUT2D eigenvalue weighted by molar-refractivity contribution is 7.99. The molecule has 2 aliphatic heterocycles. The maximum Gasteiger partial charge on any atom is 0.289 e. The van der Waals surface area contributed by atoms with Crippen LogP contribution in [0.15, 0.2) is 81.1 Å². The number of nitrogens with zero attached hydrogens (tertiary/aromatic N) is 3. The molecule has 0 atom stereocenters. The van der Waals surface area contributed by atoms with Gasteiger partial charge in [0.2, 0.25) is 5.91 Å². The van der Waals surface area contributed by atoms with Crippen LogP contribution in [-0.2, 0) is 4.79 Å². The predicted molar refractivity (Wildman–Crippen MR) is 115 cm³/mol. The SMILES string of the molecule is O=C(c1ccco1)N1CCN(CC(=O)N2c3ccccc3Sc3ccccc32)CC1. The molecule has 0 unspecified atom stereocenters. The molecular weight excluding hydrogens is 398 g/mol. The summed E-state index contributed by atoms with van der Waals surface area (Å²) in [6.45, 7) is 2.79. The third-order valence-corrected chi connectivity index (χ3v) is 6.56. The molecule has 0 bridgehead atoms. The number of rotatable bonds is 3. The van der Waals surface area contributed by atoms with Crippen LogP contribution in [0.3, 0.4) is 0 Å². The second-order valence-electron chi connectivity index (χ2n) is 7.31. The first-order valence-corrected chi connectivity index (χ1v) is 10.8. The maximum absolute atomic E-state index is 13.4. The van der Waals surface area contributed by atoms with E-state index in [0.717, 1.165) is 21.2 Å². The number of anilines is 2. The van der Waals surface area contributed by atoms with Crippen LogP contribution in [0.4, 0.5) is 11.4 Å². The van der Waals surface area contributed by atoms with E-state index in [1.807, 2.05) is 41.3 Å². The number of hydrogen-bond donors (Lipinski definition) is 0. The molecule has 7 heteroatoms. The first-order chi connectivity index (χ1) is 14.7. The molecule has 2 aromatic carbocycles. The number of carbonyl (C=O) groups excluding carboxylic acids is 2. The van der Waals surface area contributed by atoms with Gasteiger partial charge in [-0.15, -0.1) is 0 Å². The van der Waals surface area contributed by atoms with Crippen LogP contribution in [0, 0.1) is 0 Å². The zero-order valence-corrected chi connectivity index (χ0v) is 17.2. The standard InChI is InChI=1S/C23H21N3O3S/c27-22(16-24-11-13-25(14-12-24)23(28)19-8-5-15-29-19)26-17-6-1-3-9-20(17)30-21-10-4-2-7-18(21)26/h1-10,15H,11-14,16H2. The highest BCUT2D eigenvalue weighted by Gasteiger charge is 2.30. The predicted octanol–water partition coefficient (Wildman–Crippen LogP) is 3.87. The summed E-state index contributed by atoms with van der Waals surface area (Å²) in [7, 11) is 0. The lowest BCUT2D eigenvalue weighted by molar-refractivity contribution is -0.119. The highest BCUT2D eigenvalue weighted by atomic mass is 32.2. The lowest BCUT2D eigenvalue weighted by Gasteiger charge is -2.36. The van der Waals surface area contributed by atoms with Crippen LogP contribution in [0.5, 0.6) is 0 Å². The van der Waals surface area contributed by atoms with Gasteiger partial charge >= 0.3 is 0 Å². The van der Waals surface area contributed by atoms with Gasteiger partial charge in [0.1, 0.15) is 0 Å². The molecule has 30 heavy (non-hydrogen) atoms. The Balaban J connectivity index is 1.29. The third kappa shape index (κ3) is 3.51. The summed E-state index contributed by atoms with van der Waals surface area (Å²) >= 11 is 1.69. The van der Waals surface area contributed by atoms with Crippen LogP contribution in [-0.4, -0.2) is 54.3 Å². The number of fused-ring (bicyclic) bond motifs is 2. The molecule has 2 aliphatic rings. The first-order valence-electron chi connectivity index (χ1n) is 9.95. The summed E-state index contributed by atoms with van der Waals surface area (Å²) in [5.74, 6) is 0.307. The second kappa shape index (κ2) is 8.01. The van der Waals surface area contributed by atoms with Crippen molar-refractivity contribution in [2.75, 3.05) is 37.6 Å². The minimum atomic E-state index is -0.0955. The maximum atomic E-state index is 13.4. The molecule has 0 saturated carbocycles. The number of para-hydroxylation sites is 2. The van der Waals surface area contributed by atoms with Gasteiger partial charge in [-0.2, -0.15) is 0 Å². The molecule has 152 valence electrons. The molecule has 0 radical (unpaired) electrons. The number of furan rings is 1. The summed E-state index contributed by atoms with van der Waals surface area (Å²) in [6.07, 6.45) is 1.51. The van der Waals surface area contributed by atoms with Crippen LogP contribution >= 0.6 is 11.8 Å². The number of carbonyl (C=O) groups is 2. The van der Waals surface area contributed by atoms with Crippen molar-refractivity contribution < 1.29 is 14.0 Å². The molecular formula is C23H21N3O3S. The molecule has 2 amide bonds. The molecule has 1 fully saturated rings. The normalized spacial score (nSPS) is 16.1. The fourth-order valence-corrected chi connectivity index (χ4v) is 4.96. The van der Waals surface area contributed by atoms with E-state index in [9.17, 15) is 9.59 Å². The lowest BCUT2D eigenvalue weighted by atomic mass is 10.2. The number of amides is 2. The Labute approximate surface area is 179 Å². The van der Waals surface area contributed by atoms with E-state index in [2.05, 4.69) is 17.0 Å². The quantitative estimate of drug-likeness (QED) is 0.645. The Morgan fingerprint density at radius 3 is 2.07 bits per heavy atom. The van der Waals surface area contributed by atoms with E-state index in [4.69, 9.17) is 4.42 Å². The molecule has 3 aromatic rings. The Morgan fingerprint density at radius 2 is 1.47 bits per heavy atom. The summed E-state index contributed by atoms with van der Waals surface area (Å²) in [5, 5.41) is 0. The molecule has 5 rings (SSSR count). The fraction of sp³-hybridized carbons (Fsp3) is 0.217. The van der Waals surface area contributed by atoms with Crippen molar-refractivity contribution in [3.05, 3.63) is 72.7 Å². The largest absolute Gasteiger partial charge is 0.459 e. The van der Waals surface area contributed by atoms with Crippen LogP contribution in [0.1, 0.15) is 10.6 Å². The van der Waals surface area contributed by atoms with E-state index in [-0.39, 0.29) is 11.8 Å². The van der Waals surface area contributed by atoms with Crippen molar-refractivity contribution in [2.45, 2.75) is 9.79 Å². The first kappa shape index (κ1) is 19.0. The van der Waals surface area contributed by atoms with Gasteiger partial charge in [0.15, 0.2) is 5.76 Å². The summed E-state index contributed by atoms with van der Waals surface area (Å²) in [5.41, 5.74) is 1.86. The number of hydrogen-bond acceptors (Lipinski definition) is 5. The summed E-state index contributed by atoms with van der Waals surface area (Å²) in [6, 6.07) is 19.4. The van der Waals surface area contributed by atoms with Crippen LogP contribution in [0.2, 0.25) is 0 Å². The average molecular weight is 420 g/mol. The summed E-state index contributed by atoms with van der Waals surface area (Å²) < 4.78 is 5.22. The molecule has 0 aliphatic carbocycles. The van der Waals surface area contributed by atoms with E-state index >= 15 is 0 Å². The molecule has 1 aromatic heterocycles. The molecule has 6 nitrogen and oxygen atoms in total. The Bertz CT molecular complexity index is 1030. The van der Waals surface area contributed by atoms with E-state index in [1.165, 1.54) is 6.26 Å². The minimum Gasteiger partial charge on any atom is -0.459 e. The number of piperazine rings is 1. The Hall–Kier alpha value is -3.03. The fourth-order valence-electron chi connectivity index (χ4n) is 3.90. The summed E-state index contributed by atoms with van der Waals surface area (Å²) in [4.78, 5) is 33.7. The molecule has 0 N–H and O–H groups in total. The van der Waals surface area contributed by atoms with Gasteiger partial charge in [0, 0.05) is 36.0 Å². The molecule has 3 heterocycles. The molecule has 0 spiro atoms. The number of benzene rings is 2. The smallest absolute Gasteiger partial charge is 0.289 e. The Kier molecular flexibility index (Phi) is 5.06. The highest BCUT2D eigenvalue weighted by Crippen LogP contribution is 2.47. The van der Waals surface area contributed by atoms with Crippen LogP contribution < -0.4 is 4.90 Å². The van der Waals surface area contributed by atoms with Gasteiger partial charge in [0.25, 0.3) is 5.91 Å². The van der Waals surface area contributed by atoms with Crippen molar-refractivity contribution in [3.63, 3.8) is 0 Å². The van der Waals surface area contributed by atoms with Crippen molar-refractivity contribution in [3.8, 4) is 0 Å². The average Bonchev–Trinajstić information content (AvgIpc) is 3.32. The van der Waals surface area contributed by atoms with Crippen molar-refractivity contribution in [2.24, 2.45) is 0 Å². The van der Waals surface area contributed by atoms with Gasteiger partial charge in [-0.05, 0) is 36.4 Å². The van der Waals surface area contributed by atoms with Gasteiger partial charge in [-0.25, -0.2) is 0 Å². The van der Waals surface area contributed by atoms with Crippen molar-refractivity contribution >= 4 is 35.0 Å². The molecule has 1 saturated heterocycles. The van der Waals surface area contributed by atoms with Crippen LogP contribution in [0.25, 0.3) is 0 Å². The minimum absolute atomic E-state index is 0.0426. The van der Waals surface area contributed by atoms with Crippen molar-refractivity contribution in [1.82, 2.24) is 9.80 Å². The van der Waals surface area contributed by atoms with E-state index < -0.39 is 0 Å². The van der Waals surface area contributed by atoms with Gasteiger partial charge in [0.05, 0.1) is 24.2 Å². The van der Waals surface area contributed by atoms with Gasteiger partial charge in [-0.1, -0.05) is 36.0 Å². The van der Waals surface area contributed by atoms with Gasteiger partial charge in [-0.3, -0.25) is 19.4 Å². The van der Waals surface area contributed by atoms with Crippen molar-refractivity contribution in [1.29, 1.82) is 0 Å². The lowest BCUT2D eigenvalue weighted by Crippen LogP contribution is -2.51. The zero-order valence-electron chi connectivity index (χ0n) is 16.4. The zero-order chi connectivity index (χ0) is 20.5.